The van der Waals surface area contributed by atoms with Crippen LogP contribution >= 0.6 is 27.5 Å². The molecule has 1 aliphatic rings. The summed E-state index contributed by atoms with van der Waals surface area (Å²) in [4.78, 5) is 8.55. The zero-order valence-corrected chi connectivity index (χ0v) is 13.3. The van der Waals surface area contributed by atoms with Crippen LogP contribution in [0.4, 0.5) is 0 Å². The molecule has 3 rings (SSSR count). The predicted octanol–water partition coefficient (Wildman–Crippen LogP) is 3.89. The van der Waals surface area contributed by atoms with E-state index in [9.17, 15) is 0 Å². The number of benzene rings is 1. The lowest BCUT2D eigenvalue weighted by Crippen LogP contribution is -2.05. The average molecular weight is 356 g/mol. The van der Waals surface area contributed by atoms with Crippen LogP contribution in [-0.4, -0.2) is 23.2 Å². The molecular weight excluding hydrogens is 344 g/mol. The molecule has 0 saturated carbocycles. The van der Waals surface area contributed by atoms with E-state index in [1.165, 1.54) is 0 Å². The summed E-state index contributed by atoms with van der Waals surface area (Å²) in [6.07, 6.45) is 2.69. The highest BCUT2D eigenvalue weighted by atomic mass is 79.9. The molecule has 4 nitrogen and oxygen atoms in total. The quantitative estimate of drug-likeness (QED) is 0.767. The molecule has 2 heterocycles. The second-order valence-electron chi connectivity index (χ2n) is 4.63. The molecule has 1 aliphatic heterocycles. The molecule has 0 saturated heterocycles. The van der Waals surface area contributed by atoms with E-state index >= 15 is 0 Å². The Hall–Kier alpha value is -1.33. The van der Waals surface area contributed by atoms with Crippen LogP contribution in [0.3, 0.4) is 0 Å². The first-order chi connectivity index (χ1) is 9.58. The lowest BCUT2D eigenvalue weighted by atomic mass is 10.1. The molecule has 2 aromatic rings. The van der Waals surface area contributed by atoms with Gasteiger partial charge in [-0.1, -0.05) is 11.6 Å². The summed E-state index contributed by atoms with van der Waals surface area (Å²) in [7, 11) is 1.63. The van der Waals surface area contributed by atoms with Crippen LogP contribution < -0.4 is 9.47 Å². The molecule has 1 aromatic heterocycles. The summed E-state index contributed by atoms with van der Waals surface area (Å²) < 4.78 is 11.9. The van der Waals surface area contributed by atoms with Crippen LogP contribution in [0.15, 0.2) is 22.8 Å². The van der Waals surface area contributed by atoms with Crippen molar-refractivity contribution in [1.29, 1.82) is 0 Å². The molecule has 0 fully saturated rings. The smallest absolute Gasteiger partial charge is 0.164 e. The van der Waals surface area contributed by atoms with Crippen molar-refractivity contribution in [1.82, 2.24) is 9.97 Å². The number of nitrogens with zero attached hydrogens (tertiary/aromatic N) is 2. The van der Waals surface area contributed by atoms with Crippen LogP contribution in [0.5, 0.6) is 11.5 Å². The van der Waals surface area contributed by atoms with Crippen molar-refractivity contribution >= 4 is 27.5 Å². The summed E-state index contributed by atoms with van der Waals surface area (Å²) >= 11 is 9.31. The molecule has 0 spiro atoms. The fourth-order valence-electron chi connectivity index (χ4n) is 2.26. The molecule has 6 heteroatoms. The topological polar surface area (TPSA) is 44.2 Å². The first kappa shape index (κ1) is 13.6. The summed E-state index contributed by atoms with van der Waals surface area (Å²) in [6, 6.07) is 3.89. The normalized spacial score (nSPS) is 16.7. The van der Waals surface area contributed by atoms with Gasteiger partial charge < -0.3 is 9.47 Å². The van der Waals surface area contributed by atoms with Gasteiger partial charge >= 0.3 is 0 Å². The summed E-state index contributed by atoms with van der Waals surface area (Å²) in [5, 5.41) is 0.367. The maximum absolute atomic E-state index is 6.03. The minimum Gasteiger partial charge on any atom is -0.496 e. The molecule has 1 aromatic carbocycles. The van der Waals surface area contributed by atoms with E-state index in [1.54, 1.807) is 13.3 Å². The molecule has 1 atom stereocenters. The largest absolute Gasteiger partial charge is 0.496 e. The van der Waals surface area contributed by atoms with Gasteiger partial charge in [0, 0.05) is 18.2 Å². The molecule has 1 unspecified atom stereocenters. The third kappa shape index (κ3) is 2.36. The van der Waals surface area contributed by atoms with Gasteiger partial charge in [0.2, 0.25) is 0 Å². The van der Waals surface area contributed by atoms with Gasteiger partial charge in [-0.25, -0.2) is 9.97 Å². The Kier molecular flexibility index (Phi) is 3.56. The van der Waals surface area contributed by atoms with Crippen molar-refractivity contribution < 1.29 is 9.47 Å². The Morgan fingerprint density at radius 1 is 1.45 bits per heavy atom. The van der Waals surface area contributed by atoms with E-state index in [4.69, 9.17) is 21.1 Å². The molecule has 0 N–H and O–H groups in total. The number of ether oxygens (including phenoxy) is 2. The number of methoxy groups -OCH3 is 1. The highest BCUT2D eigenvalue weighted by Crippen LogP contribution is 2.39. The SMILES string of the molecule is COc1cc2c(cc1-c1ncc(Br)c(Cl)n1)OC(C)C2. The molecule has 0 amide bonds. The van der Waals surface area contributed by atoms with Crippen molar-refractivity contribution in [3.05, 3.63) is 33.5 Å². The second kappa shape index (κ2) is 5.22. The van der Waals surface area contributed by atoms with Crippen molar-refractivity contribution in [2.24, 2.45) is 0 Å². The number of aromatic nitrogens is 2. The van der Waals surface area contributed by atoms with Crippen LogP contribution in [0.1, 0.15) is 12.5 Å². The Morgan fingerprint density at radius 3 is 2.95 bits per heavy atom. The summed E-state index contributed by atoms with van der Waals surface area (Å²) in [5.74, 6) is 2.09. The van der Waals surface area contributed by atoms with E-state index in [0.717, 1.165) is 29.0 Å². The number of halogens is 2. The van der Waals surface area contributed by atoms with Gasteiger partial charge in [-0.3, -0.25) is 0 Å². The van der Waals surface area contributed by atoms with Gasteiger partial charge in [-0.2, -0.15) is 0 Å². The molecular formula is C14H12BrClN2O2. The predicted molar refractivity (Wildman–Crippen MR) is 80.5 cm³/mol. The highest BCUT2D eigenvalue weighted by molar-refractivity contribution is 9.10. The summed E-state index contributed by atoms with van der Waals surface area (Å²) in [6.45, 7) is 2.04. The summed E-state index contributed by atoms with van der Waals surface area (Å²) in [5.41, 5.74) is 1.91. The Bertz CT molecular complexity index is 678. The van der Waals surface area contributed by atoms with E-state index in [0.29, 0.717) is 15.5 Å². The zero-order valence-electron chi connectivity index (χ0n) is 11.0. The standard InChI is InChI=1S/C14H12BrClN2O2/c1-7-3-8-4-12(19-2)9(5-11(8)20-7)14-17-6-10(15)13(16)18-14/h4-7H,3H2,1-2H3. The van der Waals surface area contributed by atoms with Crippen molar-refractivity contribution in [2.45, 2.75) is 19.4 Å². The van der Waals surface area contributed by atoms with E-state index < -0.39 is 0 Å². The lowest BCUT2D eigenvalue weighted by molar-refractivity contribution is 0.254. The molecule has 0 radical (unpaired) electrons. The zero-order chi connectivity index (χ0) is 14.3. The first-order valence-corrected chi connectivity index (χ1v) is 7.31. The van der Waals surface area contributed by atoms with Gasteiger partial charge in [-0.15, -0.1) is 0 Å². The van der Waals surface area contributed by atoms with Gasteiger partial charge in [0.05, 0.1) is 17.1 Å². The molecule has 0 aliphatic carbocycles. The Labute approximate surface area is 130 Å². The number of rotatable bonds is 2. The fourth-order valence-corrected chi connectivity index (χ4v) is 2.58. The van der Waals surface area contributed by atoms with E-state index in [2.05, 4.69) is 25.9 Å². The van der Waals surface area contributed by atoms with Crippen molar-refractivity contribution in [3.8, 4) is 22.9 Å². The third-order valence-corrected chi connectivity index (χ3v) is 4.26. The maximum atomic E-state index is 6.03. The number of hydrogen-bond donors (Lipinski definition) is 0. The highest BCUT2D eigenvalue weighted by Gasteiger charge is 2.23. The minimum atomic E-state index is 0.180. The monoisotopic (exact) mass is 354 g/mol. The minimum absolute atomic E-state index is 0.180. The van der Waals surface area contributed by atoms with Crippen molar-refractivity contribution in [3.63, 3.8) is 0 Å². The lowest BCUT2D eigenvalue weighted by Gasteiger charge is -2.10. The van der Waals surface area contributed by atoms with Gasteiger partial charge in [0.1, 0.15) is 22.8 Å². The molecule has 104 valence electrons. The van der Waals surface area contributed by atoms with Gasteiger partial charge in [0.25, 0.3) is 0 Å². The van der Waals surface area contributed by atoms with Gasteiger partial charge in [-0.05, 0) is 35.0 Å². The first-order valence-electron chi connectivity index (χ1n) is 6.14. The van der Waals surface area contributed by atoms with Crippen LogP contribution in [-0.2, 0) is 6.42 Å². The van der Waals surface area contributed by atoms with E-state index in [1.807, 2.05) is 19.1 Å². The van der Waals surface area contributed by atoms with Crippen LogP contribution in [0.25, 0.3) is 11.4 Å². The Morgan fingerprint density at radius 2 is 2.25 bits per heavy atom. The third-order valence-electron chi connectivity index (χ3n) is 3.16. The van der Waals surface area contributed by atoms with E-state index in [-0.39, 0.29) is 6.10 Å². The average Bonchev–Trinajstić information content (AvgIpc) is 2.79. The molecule has 20 heavy (non-hydrogen) atoms. The second-order valence-corrected chi connectivity index (χ2v) is 5.84. The van der Waals surface area contributed by atoms with Crippen LogP contribution in [0, 0.1) is 0 Å². The van der Waals surface area contributed by atoms with Crippen molar-refractivity contribution in [2.75, 3.05) is 7.11 Å². The van der Waals surface area contributed by atoms with Crippen LogP contribution in [0.2, 0.25) is 5.15 Å². The van der Waals surface area contributed by atoms with Gasteiger partial charge in [0.15, 0.2) is 5.82 Å². The Balaban J connectivity index is 2.13. The number of fused-ring (bicyclic) bond motifs is 1. The number of hydrogen-bond acceptors (Lipinski definition) is 4. The maximum Gasteiger partial charge on any atom is 0.164 e. The molecule has 0 bridgehead atoms. The fraction of sp³-hybridized carbons (Fsp3) is 0.286.